The summed E-state index contributed by atoms with van der Waals surface area (Å²) in [5.74, 6) is -0.758. The van der Waals surface area contributed by atoms with Crippen molar-refractivity contribution in [1.29, 1.82) is 0 Å². The first-order valence-electron chi connectivity index (χ1n) is 6.18. The third kappa shape index (κ3) is 2.34. The summed E-state index contributed by atoms with van der Waals surface area (Å²) in [4.78, 5) is 17.9. The fourth-order valence-corrected chi connectivity index (χ4v) is 2.73. The van der Waals surface area contributed by atoms with Crippen molar-refractivity contribution in [2.24, 2.45) is 0 Å². The lowest BCUT2D eigenvalue weighted by atomic mass is 10.1. The number of likely N-dealkylation sites (tertiary alicyclic amines) is 1. The third-order valence-electron chi connectivity index (χ3n) is 3.53. The van der Waals surface area contributed by atoms with E-state index in [9.17, 15) is 9.18 Å². The molecule has 2 rings (SSSR count). The lowest BCUT2D eigenvalue weighted by Gasteiger charge is -2.28. The lowest BCUT2D eigenvalue weighted by Crippen LogP contribution is -2.39. The summed E-state index contributed by atoms with van der Waals surface area (Å²) in [6.07, 6.45) is 3.88. The second-order valence-electron chi connectivity index (χ2n) is 4.69. The van der Waals surface area contributed by atoms with Crippen LogP contribution >= 0.6 is 11.6 Å². The maximum atomic E-state index is 13.2. The van der Waals surface area contributed by atoms with Gasteiger partial charge in [-0.15, -0.1) is 0 Å². The number of aromatic nitrogens is 1. The van der Waals surface area contributed by atoms with Crippen LogP contribution in [0.3, 0.4) is 0 Å². The SMILES string of the molecule is CCC1CCC(C)N1C(=O)c1cc(F)cnc1Cl. The van der Waals surface area contributed by atoms with Crippen LogP contribution < -0.4 is 0 Å². The van der Waals surface area contributed by atoms with Gasteiger partial charge in [0.05, 0.1) is 11.8 Å². The highest BCUT2D eigenvalue weighted by Crippen LogP contribution is 2.29. The smallest absolute Gasteiger partial charge is 0.257 e. The van der Waals surface area contributed by atoms with Crippen molar-refractivity contribution in [3.05, 3.63) is 28.8 Å². The van der Waals surface area contributed by atoms with Gasteiger partial charge < -0.3 is 4.90 Å². The number of pyridine rings is 1. The molecule has 0 saturated carbocycles. The number of halogens is 2. The molecule has 3 nitrogen and oxygen atoms in total. The summed E-state index contributed by atoms with van der Waals surface area (Å²) in [5.41, 5.74) is 0.156. The molecule has 1 amide bonds. The standard InChI is InChI=1S/C13H16ClFN2O/c1-3-10-5-4-8(2)17(10)13(18)11-6-9(15)7-16-12(11)14/h6-8,10H,3-5H2,1-2H3. The number of hydrogen-bond donors (Lipinski definition) is 0. The highest BCUT2D eigenvalue weighted by atomic mass is 35.5. The van der Waals surface area contributed by atoms with Gasteiger partial charge in [0, 0.05) is 12.1 Å². The van der Waals surface area contributed by atoms with Gasteiger partial charge in [0.15, 0.2) is 0 Å². The minimum absolute atomic E-state index is 0.0651. The van der Waals surface area contributed by atoms with Gasteiger partial charge in [-0.3, -0.25) is 4.79 Å². The maximum Gasteiger partial charge on any atom is 0.257 e. The molecule has 1 fully saturated rings. The molecule has 1 aliphatic heterocycles. The molecule has 2 atom stereocenters. The predicted molar refractivity (Wildman–Crippen MR) is 68.1 cm³/mol. The summed E-state index contributed by atoms with van der Waals surface area (Å²) in [6.45, 7) is 4.06. The number of carbonyl (C=O) groups is 1. The van der Waals surface area contributed by atoms with Crippen LogP contribution in [-0.4, -0.2) is 27.9 Å². The molecule has 1 aromatic rings. The lowest BCUT2D eigenvalue weighted by molar-refractivity contribution is 0.0675. The Kier molecular flexibility index (Phi) is 3.85. The highest BCUT2D eigenvalue weighted by molar-refractivity contribution is 6.32. The molecule has 0 bridgehead atoms. The van der Waals surface area contributed by atoms with E-state index in [0.29, 0.717) is 0 Å². The van der Waals surface area contributed by atoms with Crippen LogP contribution in [-0.2, 0) is 0 Å². The summed E-state index contributed by atoms with van der Waals surface area (Å²) >= 11 is 5.88. The Bertz CT molecular complexity index is 466. The first kappa shape index (κ1) is 13.3. The fraction of sp³-hybridized carbons (Fsp3) is 0.538. The summed E-state index contributed by atoms with van der Waals surface area (Å²) in [7, 11) is 0. The van der Waals surface area contributed by atoms with Gasteiger partial charge in [-0.05, 0) is 32.3 Å². The molecule has 1 aliphatic rings. The Morgan fingerprint density at radius 2 is 2.33 bits per heavy atom. The molecule has 1 aromatic heterocycles. The van der Waals surface area contributed by atoms with Crippen molar-refractivity contribution in [2.45, 2.75) is 45.2 Å². The first-order chi connectivity index (χ1) is 8.54. The average Bonchev–Trinajstić information content (AvgIpc) is 2.72. The Morgan fingerprint density at radius 1 is 1.61 bits per heavy atom. The topological polar surface area (TPSA) is 33.2 Å². The van der Waals surface area contributed by atoms with Crippen molar-refractivity contribution in [1.82, 2.24) is 9.88 Å². The molecule has 0 radical (unpaired) electrons. The Hall–Kier alpha value is -1.16. The van der Waals surface area contributed by atoms with Crippen LogP contribution in [0.1, 0.15) is 43.5 Å². The Labute approximate surface area is 111 Å². The molecule has 2 unspecified atom stereocenters. The molecule has 5 heteroatoms. The first-order valence-corrected chi connectivity index (χ1v) is 6.56. The molecular weight excluding hydrogens is 255 g/mol. The van der Waals surface area contributed by atoms with E-state index in [2.05, 4.69) is 11.9 Å². The van der Waals surface area contributed by atoms with E-state index in [1.54, 1.807) is 0 Å². The van der Waals surface area contributed by atoms with Crippen LogP contribution in [0.25, 0.3) is 0 Å². The molecule has 0 N–H and O–H groups in total. The molecule has 18 heavy (non-hydrogen) atoms. The van der Waals surface area contributed by atoms with Crippen molar-refractivity contribution in [3.8, 4) is 0 Å². The van der Waals surface area contributed by atoms with Crippen molar-refractivity contribution < 1.29 is 9.18 Å². The van der Waals surface area contributed by atoms with E-state index in [4.69, 9.17) is 11.6 Å². The van der Waals surface area contributed by atoms with Gasteiger partial charge in [0.25, 0.3) is 5.91 Å². The van der Waals surface area contributed by atoms with E-state index in [0.717, 1.165) is 31.5 Å². The van der Waals surface area contributed by atoms with Crippen LogP contribution in [0.2, 0.25) is 5.15 Å². The minimum Gasteiger partial charge on any atom is -0.333 e. The maximum absolute atomic E-state index is 13.2. The zero-order valence-electron chi connectivity index (χ0n) is 10.5. The largest absolute Gasteiger partial charge is 0.333 e. The van der Waals surface area contributed by atoms with Crippen LogP contribution in [0.15, 0.2) is 12.3 Å². The van der Waals surface area contributed by atoms with Crippen LogP contribution in [0.4, 0.5) is 4.39 Å². The molecule has 0 spiro atoms. The monoisotopic (exact) mass is 270 g/mol. The van der Waals surface area contributed by atoms with Gasteiger partial charge in [-0.25, -0.2) is 9.37 Å². The Morgan fingerprint density at radius 3 is 3.00 bits per heavy atom. The summed E-state index contributed by atoms with van der Waals surface area (Å²) < 4.78 is 13.2. The number of rotatable bonds is 2. The zero-order valence-corrected chi connectivity index (χ0v) is 11.2. The minimum atomic E-state index is -0.539. The van der Waals surface area contributed by atoms with Gasteiger partial charge in [-0.1, -0.05) is 18.5 Å². The van der Waals surface area contributed by atoms with Gasteiger partial charge in [0.2, 0.25) is 0 Å². The van der Waals surface area contributed by atoms with Crippen molar-refractivity contribution >= 4 is 17.5 Å². The quantitative estimate of drug-likeness (QED) is 0.773. The molecule has 1 saturated heterocycles. The summed E-state index contributed by atoms with van der Waals surface area (Å²) in [6, 6.07) is 1.55. The van der Waals surface area contributed by atoms with Crippen molar-refractivity contribution in [2.75, 3.05) is 0 Å². The van der Waals surface area contributed by atoms with Gasteiger partial charge in [-0.2, -0.15) is 0 Å². The molecule has 98 valence electrons. The van der Waals surface area contributed by atoms with E-state index in [1.165, 1.54) is 0 Å². The van der Waals surface area contributed by atoms with Crippen LogP contribution in [0, 0.1) is 5.82 Å². The van der Waals surface area contributed by atoms with E-state index < -0.39 is 5.82 Å². The third-order valence-corrected chi connectivity index (χ3v) is 3.83. The molecule has 2 heterocycles. The van der Waals surface area contributed by atoms with Crippen LogP contribution in [0.5, 0.6) is 0 Å². The van der Waals surface area contributed by atoms with E-state index >= 15 is 0 Å². The van der Waals surface area contributed by atoms with Crippen molar-refractivity contribution in [3.63, 3.8) is 0 Å². The number of amides is 1. The molecule has 0 aromatic carbocycles. The van der Waals surface area contributed by atoms with E-state index in [-0.39, 0.29) is 28.7 Å². The predicted octanol–water partition coefficient (Wildman–Crippen LogP) is 3.28. The second-order valence-corrected chi connectivity index (χ2v) is 5.05. The molecular formula is C13H16ClFN2O. The van der Waals surface area contributed by atoms with Gasteiger partial charge in [0.1, 0.15) is 11.0 Å². The molecule has 0 aliphatic carbocycles. The fourth-order valence-electron chi connectivity index (χ4n) is 2.55. The normalized spacial score (nSPS) is 23.4. The number of hydrogen-bond acceptors (Lipinski definition) is 2. The summed E-state index contributed by atoms with van der Waals surface area (Å²) in [5, 5.41) is 0.0651. The Balaban J connectivity index is 2.32. The second kappa shape index (κ2) is 5.22. The van der Waals surface area contributed by atoms with E-state index in [1.807, 2.05) is 11.8 Å². The number of nitrogens with zero attached hydrogens (tertiary/aromatic N) is 2. The highest BCUT2D eigenvalue weighted by Gasteiger charge is 2.34. The number of carbonyl (C=O) groups excluding carboxylic acids is 1. The zero-order chi connectivity index (χ0) is 13.3. The average molecular weight is 271 g/mol. The van der Waals surface area contributed by atoms with Gasteiger partial charge >= 0.3 is 0 Å².